The molecular formula is C29H40F4O. The van der Waals surface area contributed by atoms with Crippen molar-refractivity contribution in [3.8, 4) is 0 Å². The predicted octanol–water partition coefficient (Wildman–Crippen LogP) is 9.50. The van der Waals surface area contributed by atoms with Crippen molar-refractivity contribution in [3.63, 3.8) is 0 Å². The molecule has 190 valence electrons. The van der Waals surface area contributed by atoms with Crippen molar-refractivity contribution >= 4 is 0 Å². The Balaban J connectivity index is 1.88. The predicted molar refractivity (Wildman–Crippen MR) is 132 cm³/mol. The summed E-state index contributed by atoms with van der Waals surface area (Å²) < 4.78 is 62.9. The lowest BCUT2D eigenvalue weighted by atomic mass is 9.79. The monoisotopic (exact) mass is 480 g/mol. The van der Waals surface area contributed by atoms with E-state index in [-0.39, 0.29) is 35.7 Å². The first-order chi connectivity index (χ1) is 16.1. The molecule has 1 saturated carbocycles. The van der Waals surface area contributed by atoms with E-state index in [2.05, 4.69) is 20.1 Å². The van der Waals surface area contributed by atoms with Crippen LogP contribution in [0.1, 0.15) is 89.7 Å². The first kappa shape index (κ1) is 28.2. The van der Waals surface area contributed by atoms with Gasteiger partial charge in [-0.25, -0.2) is 13.2 Å². The molecule has 1 aromatic rings. The Kier molecular flexibility index (Phi) is 10.9. The molecule has 1 aliphatic carbocycles. The minimum absolute atomic E-state index is 0.0753. The molecule has 0 amide bonds. The maximum atomic E-state index is 14.8. The largest absolute Gasteiger partial charge is 0.491 e. The molecule has 0 heterocycles. The summed E-state index contributed by atoms with van der Waals surface area (Å²) >= 11 is 0. The van der Waals surface area contributed by atoms with Gasteiger partial charge >= 0.3 is 0 Å². The number of allylic oxidation sites excluding steroid dienone is 3. The van der Waals surface area contributed by atoms with Gasteiger partial charge < -0.3 is 4.74 Å². The number of hydrogen-bond acceptors (Lipinski definition) is 1. The van der Waals surface area contributed by atoms with Gasteiger partial charge in [-0.15, -0.1) is 0 Å². The SMILES string of the molecule is C=C(OCC)/C(F)=C(/F)C(=C)C(C)CCC(C)CCc1ccc(C2CCC(C)CC2)c(F)c1F. The van der Waals surface area contributed by atoms with Crippen molar-refractivity contribution in [1.82, 2.24) is 0 Å². The second-order valence-corrected chi connectivity index (χ2v) is 10.0. The number of ether oxygens (including phenoxy) is 1. The molecular weight excluding hydrogens is 440 g/mol. The Bertz CT molecular complexity index is 880. The van der Waals surface area contributed by atoms with E-state index in [4.69, 9.17) is 4.74 Å². The summed E-state index contributed by atoms with van der Waals surface area (Å²) in [6.45, 7) is 15.0. The maximum absolute atomic E-state index is 14.8. The number of benzene rings is 1. The fourth-order valence-electron chi connectivity index (χ4n) is 4.66. The number of halogens is 4. The van der Waals surface area contributed by atoms with Crippen LogP contribution >= 0.6 is 0 Å². The van der Waals surface area contributed by atoms with E-state index in [0.29, 0.717) is 36.3 Å². The molecule has 1 aliphatic rings. The van der Waals surface area contributed by atoms with Crippen LogP contribution in [0.3, 0.4) is 0 Å². The minimum Gasteiger partial charge on any atom is -0.491 e. The lowest BCUT2D eigenvalue weighted by Crippen LogP contribution is -2.13. The van der Waals surface area contributed by atoms with Gasteiger partial charge in [-0.3, -0.25) is 0 Å². The highest BCUT2D eigenvalue weighted by Crippen LogP contribution is 2.38. The highest BCUT2D eigenvalue weighted by molar-refractivity contribution is 5.33. The van der Waals surface area contributed by atoms with Gasteiger partial charge in [0.15, 0.2) is 29.0 Å². The smallest absolute Gasteiger partial charge is 0.200 e. The minimum atomic E-state index is -1.12. The van der Waals surface area contributed by atoms with E-state index in [1.54, 1.807) is 26.0 Å². The molecule has 34 heavy (non-hydrogen) atoms. The van der Waals surface area contributed by atoms with E-state index in [0.717, 1.165) is 32.1 Å². The molecule has 0 aromatic heterocycles. The summed E-state index contributed by atoms with van der Waals surface area (Å²) in [6.07, 6.45) is 6.42. The third-order valence-corrected chi connectivity index (χ3v) is 7.28. The average molecular weight is 481 g/mol. The summed E-state index contributed by atoms with van der Waals surface area (Å²) in [5.74, 6) is -3.17. The van der Waals surface area contributed by atoms with E-state index in [9.17, 15) is 17.6 Å². The molecule has 0 aliphatic heterocycles. The summed E-state index contributed by atoms with van der Waals surface area (Å²) in [7, 11) is 0. The third-order valence-electron chi connectivity index (χ3n) is 7.28. The summed E-state index contributed by atoms with van der Waals surface area (Å²) in [5.41, 5.74) is 0.995. The molecule has 1 aromatic carbocycles. The van der Waals surface area contributed by atoms with Crippen LogP contribution in [0.2, 0.25) is 0 Å². The Morgan fingerprint density at radius 1 is 0.971 bits per heavy atom. The summed E-state index contributed by atoms with van der Waals surface area (Å²) in [4.78, 5) is 0. The zero-order valence-corrected chi connectivity index (χ0v) is 21.2. The molecule has 2 atom stereocenters. The van der Waals surface area contributed by atoms with Gasteiger partial charge in [0.2, 0.25) is 0 Å². The second-order valence-electron chi connectivity index (χ2n) is 10.0. The highest BCUT2D eigenvalue weighted by Gasteiger charge is 2.25. The summed E-state index contributed by atoms with van der Waals surface area (Å²) in [6, 6.07) is 3.50. The molecule has 1 nitrogen and oxygen atoms in total. The molecule has 0 spiro atoms. The van der Waals surface area contributed by atoms with Crippen LogP contribution in [0.25, 0.3) is 0 Å². The van der Waals surface area contributed by atoms with E-state index < -0.39 is 23.3 Å². The second kappa shape index (κ2) is 13.2. The first-order valence-electron chi connectivity index (χ1n) is 12.6. The van der Waals surface area contributed by atoms with Gasteiger partial charge in [0, 0.05) is 0 Å². The zero-order valence-electron chi connectivity index (χ0n) is 21.2. The number of aryl methyl sites for hydroxylation is 1. The van der Waals surface area contributed by atoms with Crippen LogP contribution in [0.5, 0.6) is 0 Å². The topological polar surface area (TPSA) is 9.23 Å². The number of rotatable bonds is 12. The molecule has 0 saturated heterocycles. The zero-order chi connectivity index (χ0) is 25.4. The van der Waals surface area contributed by atoms with Crippen LogP contribution in [-0.2, 0) is 11.2 Å². The quantitative estimate of drug-likeness (QED) is 0.164. The van der Waals surface area contributed by atoms with Crippen molar-refractivity contribution < 1.29 is 22.3 Å². The Morgan fingerprint density at radius 2 is 1.62 bits per heavy atom. The fourth-order valence-corrected chi connectivity index (χ4v) is 4.66. The van der Waals surface area contributed by atoms with Gasteiger partial charge in [-0.05, 0) is 79.4 Å². The van der Waals surface area contributed by atoms with Crippen molar-refractivity contribution in [2.75, 3.05) is 6.61 Å². The Hall–Kier alpha value is -2.04. The molecule has 0 N–H and O–H groups in total. The van der Waals surface area contributed by atoms with Gasteiger partial charge in [0.1, 0.15) is 0 Å². The van der Waals surface area contributed by atoms with Crippen molar-refractivity contribution in [2.24, 2.45) is 17.8 Å². The summed E-state index contributed by atoms with van der Waals surface area (Å²) in [5, 5.41) is 0. The number of hydrogen-bond donors (Lipinski definition) is 0. The lowest BCUT2D eigenvalue weighted by molar-refractivity contribution is 0.223. The van der Waals surface area contributed by atoms with E-state index >= 15 is 0 Å². The van der Waals surface area contributed by atoms with Crippen molar-refractivity contribution in [1.29, 1.82) is 0 Å². The van der Waals surface area contributed by atoms with Crippen LogP contribution < -0.4 is 0 Å². The molecule has 2 rings (SSSR count). The van der Waals surface area contributed by atoms with Crippen LogP contribution in [0, 0.1) is 29.4 Å². The standard InChI is InChI=1S/C29H40F4O/c1-7-34-22(6)27(31)26(30)21(5)20(4)12-8-18(2)11-15-24-16-17-25(29(33)28(24)32)23-13-9-19(3)10-14-23/h16-20,23H,5-15H2,1-4H3/b27-26-. The van der Waals surface area contributed by atoms with Crippen molar-refractivity contribution in [3.05, 3.63) is 71.0 Å². The van der Waals surface area contributed by atoms with Gasteiger partial charge in [0.25, 0.3) is 0 Å². The van der Waals surface area contributed by atoms with E-state index in [1.807, 2.05) is 6.92 Å². The van der Waals surface area contributed by atoms with Gasteiger partial charge in [-0.2, -0.15) is 4.39 Å². The fraction of sp³-hybridized carbons (Fsp3) is 0.586. The highest BCUT2D eigenvalue weighted by atomic mass is 19.2. The van der Waals surface area contributed by atoms with Gasteiger partial charge in [0.05, 0.1) is 6.61 Å². The Labute approximate surface area is 203 Å². The lowest BCUT2D eigenvalue weighted by Gasteiger charge is -2.27. The first-order valence-corrected chi connectivity index (χ1v) is 12.6. The van der Waals surface area contributed by atoms with Crippen LogP contribution in [-0.4, -0.2) is 6.61 Å². The third kappa shape index (κ3) is 7.48. The molecule has 0 radical (unpaired) electrons. The molecule has 0 bridgehead atoms. The van der Waals surface area contributed by atoms with Crippen molar-refractivity contribution in [2.45, 2.75) is 85.0 Å². The van der Waals surface area contributed by atoms with Gasteiger partial charge in [-0.1, -0.05) is 65.3 Å². The molecule has 1 fully saturated rings. The average Bonchev–Trinajstić information content (AvgIpc) is 2.82. The van der Waals surface area contributed by atoms with Crippen LogP contribution in [0.15, 0.2) is 48.3 Å². The maximum Gasteiger partial charge on any atom is 0.200 e. The normalized spacial score (nSPS) is 20.9. The Morgan fingerprint density at radius 3 is 2.24 bits per heavy atom. The van der Waals surface area contributed by atoms with E-state index in [1.165, 1.54) is 0 Å². The van der Waals surface area contributed by atoms with Crippen LogP contribution in [0.4, 0.5) is 17.6 Å². The molecule has 5 heteroatoms. The molecule has 2 unspecified atom stereocenters.